The van der Waals surface area contributed by atoms with Gasteiger partial charge in [-0.3, -0.25) is 9.59 Å². The minimum absolute atomic E-state index is 0.263. The first-order valence-corrected chi connectivity index (χ1v) is 10.2. The summed E-state index contributed by atoms with van der Waals surface area (Å²) in [6.07, 6.45) is 6.31. The number of ether oxygens (including phenoxy) is 3. The maximum Gasteiger partial charge on any atom is 0.339 e. The number of hydrogen-bond donors (Lipinski definition) is 0. The van der Waals surface area contributed by atoms with Crippen LogP contribution in [0.15, 0.2) is 30.3 Å². The zero-order valence-electron chi connectivity index (χ0n) is 19.3. The van der Waals surface area contributed by atoms with Crippen LogP contribution >= 0.6 is 0 Å². The van der Waals surface area contributed by atoms with Crippen molar-refractivity contribution in [1.29, 1.82) is 0 Å². The average molecular weight is 437 g/mol. The molecule has 168 valence electrons. The Morgan fingerprint density at radius 2 is 1.44 bits per heavy atom. The van der Waals surface area contributed by atoms with Crippen molar-refractivity contribution >= 4 is 17.9 Å². The fourth-order valence-electron chi connectivity index (χ4n) is 3.39. The molecule has 0 fully saturated rings. The molecule has 0 unspecified atom stereocenters. The largest absolute Gasteiger partial charge is 0.443 e. The number of esters is 3. The summed E-state index contributed by atoms with van der Waals surface area (Å²) in [5.41, 5.74) is 1.90. The SMILES string of the molecule is C#C[C@@](C)(CCc1c(C)c(OC(C)=O)c(C)c(C)c1OC(C)=O)OC(=O)c1ccccc1. The number of carbonyl (C=O) groups is 3. The molecule has 0 spiro atoms. The van der Waals surface area contributed by atoms with Crippen molar-refractivity contribution in [3.8, 4) is 23.8 Å². The number of benzene rings is 2. The van der Waals surface area contributed by atoms with Gasteiger partial charge in [0.15, 0.2) is 5.60 Å². The van der Waals surface area contributed by atoms with E-state index in [1.165, 1.54) is 13.8 Å². The summed E-state index contributed by atoms with van der Waals surface area (Å²) < 4.78 is 16.6. The zero-order valence-corrected chi connectivity index (χ0v) is 19.3. The van der Waals surface area contributed by atoms with Gasteiger partial charge in [-0.05, 0) is 62.9 Å². The monoisotopic (exact) mass is 436 g/mol. The van der Waals surface area contributed by atoms with Crippen molar-refractivity contribution in [2.45, 2.75) is 60.0 Å². The van der Waals surface area contributed by atoms with Crippen LogP contribution in [0.25, 0.3) is 0 Å². The lowest BCUT2D eigenvalue weighted by molar-refractivity contribution is -0.133. The third kappa shape index (κ3) is 5.76. The molecule has 2 aromatic rings. The molecule has 0 N–H and O–H groups in total. The summed E-state index contributed by atoms with van der Waals surface area (Å²) >= 11 is 0. The van der Waals surface area contributed by atoms with Gasteiger partial charge in [0.1, 0.15) is 11.5 Å². The Balaban J connectivity index is 2.41. The summed E-state index contributed by atoms with van der Waals surface area (Å²) in [5, 5.41) is 0. The minimum Gasteiger partial charge on any atom is -0.443 e. The lowest BCUT2D eigenvalue weighted by atomic mass is 9.90. The molecule has 0 aromatic heterocycles. The van der Waals surface area contributed by atoms with E-state index in [-0.39, 0.29) is 6.42 Å². The van der Waals surface area contributed by atoms with E-state index in [0.717, 1.165) is 0 Å². The van der Waals surface area contributed by atoms with Crippen molar-refractivity contribution < 1.29 is 28.6 Å². The second kappa shape index (κ2) is 10.1. The number of rotatable bonds is 7. The summed E-state index contributed by atoms with van der Waals surface area (Å²) in [5.74, 6) is 1.94. The van der Waals surface area contributed by atoms with E-state index in [2.05, 4.69) is 5.92 Å². The van der Waals surface area contributed by atoms with Gasteiger partial charge in [-0.15, -0.1) is 6.42 Å². The van der Waals surface area contributed by atoms with Gasteiger partial charge in [0.05, 0.1) is 5.56 Å². The molecule has 0 bridgehead atoms. The summed E-state index contributed by atoms with van der Waals surface area (Å²) in [7, 11) is 0. The standard InChI is InChI=1S/C26H28O6/c1-8-26(7,32-25(29)21-12-10-9-11-13-21)15-14-22-18(4)23(30-19(5)27)16(2)17(3)24(22)31-20(6)28/h1,9-13H,14-15H2,2-7H3/t26-/m0/s1. The van der Waals surface area contributed by atoms with Crippen molar-refractivity contribution in [3.05, 3.63) is 58.1 Å². The molecule has 1 atom stereocenters. The summed E-state index contributed by atoms with van der Waals surface area (Å²) in [6, 6.07) is 8.58. The Kier molecular flexibility index (Phi) is 7.82. The molecular formula is C26H28O6. The van der Waals surface area contributed by atoms with E-state index >= 15 is 0 Å². The topological polar surface area (TPSA) is 78.9 Å². The van der Waals surface area contributed by atoms with E-state index < -0.39 is 23.5 Å². The molecule has 0 aliphatic carbocycles. The first kappa shape index (κ1) is 24.7. The molecule has 0 heterocycles. The number of terminal acetylenes is 1. The molecule has 0 aliphatic rings. The summed E-state index contributed by atoms with van der Waals surface area (Å²) in [6.45, 7) is 9.68. The van der Waals surface area contributed by atoms with Crippen LogP contribution in [0.3, 0.4) is 0 Å². The van der Waals surface area contributed by atoms with Gasteiger partial charge in [-0.2, -0.15) is 0 Å². The molecule has 0 radical (unpaired) electrons. The molecule has 32 heavy (non-hydrogen) atoms. The molecule has 0 aliphatic heterocycles. The normalized spacial score (nSPS) is 12.3. The molecular weight excluding hydrogens is 408 g/mol. The first-order chi connectivity index (χ1) is 15.0. The highest BCUT2D eigenvalue weighted by molar-refractivity contribution is 5.89. The minimum atomic E-state index is -1.20. The Morgan fingerprint density at radius 3 is 1.97 bits per heavy atom. The van der Waals surface area contributed by atoms with Crippen LogP contribution in [0.2, 0.25) is 0 Å². The molecule has 2 aromatic carbocycles. The van der Waals surface area contributed by atoms with Crippen molar-refractivity contribution in [2.24, 2.45) is 0 Å². The zero-order chi connectivity index (χ0) is 24.1. The Morgan fingerprint density at radius 1 is 0.906 bits per heavy atom. The maximum absolute atomic E-state index is 12.5. The molecule has 0 saturated carbocycles. The molecule has 0 amide bonds. The van der Waals surface area contributed by atoms with Gasteiger partial charge in [0.25, 0.3) is 0 Å². The lowest BCUT2D eigenvalue weighted by Crippen LogP contribution is -2.31. The van der Waals surface area contributed by atoms with E-state index in [1.807, 2.05) is 0 Å². The second-order valence-electron chi connectivity index (χ2n) is 7.83. The van der Waals surface area contributed by atoms with E-state index in [0.29, 0.717) is 45.7 Å². The van der Waals surface area contributed by atoms with Crippen molar-refractivity contribution in [2.75, 3.05) is 0 Å². The van der Waals surface area contributed by atoms with Gasteiger partial charge in [0, 0.05) is 25.8 Å². The quantitative estimate of drug-likeness (QED) is 0.357. The highest BCUT2D eigenvalue weighted by Crippen LogP contribution is 2.39. The molecule has 6 heteroatoms. The van der Waals surface area contributed by atoms with Crippen molar-refractivity contribution in [1.82, 2.24) is 0 Å². The fraction of sp³-hybridized carbons (Fsp3) is 0.346. The van der Waals surface area contributed by atoms with Gasteiger partial charge >= 0.3 is 17.9 Å². The molecule has 6 nitrogen and oxygen atoms in total. The Labute approximate surface area is 188 Å². The van der Waals surface area contributed by atoms with E-state index in [4.69, 9.17) is 20.6 Å². The van der Waals surface area contributed by atoms with E-state index in [9.17, 15) is 14.4 Å². The van der Waals surface area contributed by atoms with Crippen LogP contribution in [0.5, 0.6) is 11.5 Å². The van der Waals surface area contributed by atoms with Gasteiger partial charge in [0.2, 0.25) is 0 Å². The molecule has 0 saturated heterocycles. The number of hydrogen-bond acceptors (Lipinski definition) is 6. The number of carbonyl (C=O) groups excluding carboxylic acids is 3. The van der Waals surface area contributed by atoms with Crippen molar-refractivity contribution in [3.63, 3.8) is 0 Å². The molecule has 2 rings (SSSR count). The smallest absolute Gasteiger partial charge is 0.339 e. The van der Waals surface area contributed by atoms with Crippen LogP contribution in [0, 0.1) is 33.1 Å². The summed E-state index contributed by atoms with van der Waals surface area (Å²) in [4.78, 5) is 35.9. The van der Waals surface area contributed by atoms with Crippen LogP contribution in [0.4, 0.5) is 0 Å². The fourth-order valence-corrected chi connectivity index (χ4v) is 3.39. The van der Waals surface area contributed by atoms with Gasteiger partial charge < -0.3 is 14.2 Å². The van der Waals surface area contributed by atoms with Crippen LogP contribution in [-0.2, 0) is 20.7 Å². The first-order valence-electron chi connectivity index (χ1n) is 10.2. The predicted molar refractivity (Wildman–Crippen MR) is 121 cm³/mol. The van der Waals surface area contributed by atoms with Gasteiger partial charge in [-0.25, -0.2) is 4.79 Å². The second-order valence-corrected chi connectivity index (χ2v) is 7.83. The average Bonchev–Trinajstić information content (AvgIpc) is 2.74. The Bertz CT molecular complexity index is 1080. The van der Waals surface area contributed by atoms with Crippen LogP contribution in [-0.4, -0.2) is 23.5 Å². The van der Waals surface area contributed by atoms with E-state index in [1.54, 1.807) is 58.0 Å². The highest BCUT2D eigenvalue weighted by Gasteiger charge is 2.29. The highest BCUT2D eigenvalue weighted by atomic mass is 16.6. The Hall–Kier alpha value is -3.59. The van der Waals surface area contributed by atoms with Crippen LogP contribution in [0.1, 0.15) is 59.8 Å². The third-order valence-electron chi connectivity index (χ3n) is 5.29. The lowest BCUT2D eigenvalue weighted by Gasteiger charge is -2.26. The maximum atomic E-state index is 12.5. The van der Waals surface area contributed by atoms with Crippen LogP contribution < -0.4 is 9.47 Å². The third-order valence-corrected chi connectivity index (χ3v) is 5.29. The van der Waals surface area contributed by atoms with Gasteiger partial charge in [-0.1, -0.05) is 24.1 Å². The predicted octanol–water partition coefficient (Wildman–Crippen LogP) is 4.64.